The first-order valence-electron chi connectivity index (χ1n) is 11.9. The monoisotopic (exact) mass is 451 g/mol. The zero-order valence-electron chi connectivity index (χ0n) is 18.6. The van der Waals surface area contributed by atoms with Gasteiger partial charge in [-0.1, -0.05) is 74.6 Å². The molecule has 1 nitrogen and oxygen atoms in total. The van der Waals surface area contributed by atoms with Crippen molar-refractivity contribution in [3.05, 3.63) is 90.4 Å². The van der Waals surface area contributed by atoms with Crippen LogP contribution in [0.1, 0.15) is 37.7 Å². The van der Waals surface area contributed by atoms with Crippen LogP contribution >= 0.6 is 11.3 Å². The fourth-order valence-electron chi connectivity index (χ4n) is 5.30. The van der Waals surface area contributed by atoms with Crippen LogP contribution in [0.15, 0.2) is 79.0 Å². The summed E-state index contributed by atoms with van der Waals surface area (Å²) in [6.45, 7) is 0. The minimum Gasteiger partial charge on any atom is -0.256 e. The molecule has 1 fully saturated rings. The normalized spacial score (nSPS) is 14.8. The highest BCUT2D eigenvalue weighted by atomic mass is 32.1. The van der Waals surface area contributed by atoms with Gasteiger partial charge in [0, 0.05) is 31.9 Å². The standard InChI is InChI=1S/C30H26FNS/c31-24-12-9-22(10-13-24)23-11-14-25-26-7-4-8-27(30(26)33-29(25)19-23)28-18-21(15-16-32-28)17-20-5-2-1-3-6-20/h4,7-16,18-20H,1-3,5-6,17H2. The van der Waals surface area contributed by atoms with Crippen molar-refractivity contribution in [1.82, 2.24) is 4.98 Å². The molecule has 1 aliphatic carbocycles. The Hall–Kier alpha value is -3.04. The molecule has 0 bridgehead atoms. The summed E-state index contributed by atoms with van der Waals surface area (Å²) in [5.41, 5.74) is 5.83. The Labute approximate surface area is 197 Å². The molecular formula is C30H26FNS. The molecule has 164 valence electrons. The third-order valence-electron chi connectivity index (χ3n) is 7.03. The van der Waals surface area contributed by atoms with Crippen molar-refractivity contribution in [1.29, 1.82) is 0 Å². The smallest absolute Gasteiger partial charge is 0.123 e. The molecule has 5 aromatic rings. The first-order valence-corrected chi connectivity index (χ1v) is 12.7. The second-order valence-corrected chi connectivity index (χ2v) is 10.3. The molecule has 0 spiro atoms. The van der Waals surface area contributed by atoms with Gasteiger partial charge in [0.2, 0.25) is 0 Å². The number of aromatic nitrogens is 1. The molecule has 2 aromatic heterocycles. The number of fused-ring (bicyclic) bond motifs is 3. The van der Waals surface area contributed by atoms with Gasteiger partial charge >= 0.3 is 0 Å². The van der Waals surface area contributed by atoms with Crippen LogP contribution in [0.3, 0.4) is 0 Å². The molecule has 3 heteroatoms. The number of nitrogens with zero attached hydrogens (tertiary/aromatic N) is 1. The van der Waals surface area contributed by atoms with Gasteiger partial charge in [0.25, 0.3) is 0 Å². The average Bonchev–Trinajstić information content (AvgIpc) is 3.23. The Balaban J connectivity index is 1.40. The SMILES string of the molecule is Fc1ccc(-c2ccc3c(c2)sc2c(-c4cc(CC5CCCCC5)ccn4)cccc23)cc1. The highest BCUT2D eigenvalue weighted by Gasteiger charge is 2.16. The summed E-state index contributed by atoms with van der Waals surface area (Å²) in [4.78, 5) is 4.77. The van der Waals surface area contributed by atoms with E-state index in [1.807, 2.05) is 29.7 Å². The van der Waals surface area contributed by atoms with Crippen LogP contribution in [0, 0.1) is 11.7 Å². The van der Waals surface area contributed by atoms with E-state index in [0.29, 0.717) is 0 Å². The number of thiophene rings is 1. The zero-order valence-corrected chi connectivity index (χ0v) is 19.4. The lowest BCUT2D eigenvalue weighted by molar-refractivity contribution is 0.356. The first-order chi connectivity index (χ1) is 16.2. The summed E-state index contributed by atoms with van der Waals surface area (Å²) in [6, 6.07) is 24.3. The maximum Gasteiger partial charge on any atom is 0.123 e. The molecule has 0 radical (unpaired) electrons. The molecule has 0 aliphatic heterocycles. The quantitative estimate of drug-likeness (QED) is 0.265. The van der Waals surface area contributed by atoms with Crippen molar-refractivity contribution in [2.24, 2.45) is 5.92 Å². The summed E-state index contributed by atoms with van der Waals surface area (Å²) in [5.74, 6) is 0.614. The molecule has 33 heavy (non-hydrogen) atoms. The molecule has 1 aliphatic rings. The van der Waals surface area contributed by atoms with Crippen LogP contribution in [0.25, 0.3) is 42.6 Å². The second kappa shape index (κ2) is 8.72. The van der Waals surface area contributed by atoms with Crippen molar-refractivity contribution in [3.8, 4) is 22.4 Å². The fourth-order valence-corrected chi connectivity index (χ4v) is 6.56. The number of hydrogen-bond donors (Lipinski definition) is 0. The molecule has 2 heterocycles. The van der Waals surface area contributed by atoms with E-state index in [1.165, 1.54) is 82.0 Å². The summed E-state index contributed by atoms with van der Waals surface area (Å²) in [7, 11) is 0. The summed E-state index contributed by atoms with van der Waals surface area (Å²) in [5, 5.41) is 2.54. The molecule has 0 saturated heterocycles. The van der Waals surface area contributed by atoms with Crippen molar-refractivity contribution < 1.29 is 4.39 Å². The van der Waals surface area contributed by atoms with Crippen LogP contribution in [-0.2, 0) is 6.42 Å². The minimum atomic E-state index is -0.204. The van der Waals surface area contributed by atoms with Gasteiger partial charge in [-0.15, -0.1) is 11.3 Å². The van der Waals surface area contributed by atoms with Gasteiger partial charge < -0.3 is 0 Å². The maximum absolute atomic E-state index is 13.4. The van der Waals surface area contributed by atoms with E-state index >= 15 is 0 Å². The number of pyridine rings is 1. The van der Waals surface area contributed by atoms with Crippen LogP contribution in [0.4, 0.5) is 4.39 Å². The van der Waals surface area contributed by atoms with Crippen LogP contribution < -0.4 is 0 Å². The van der Waals surface area contributed by atoms with E-state index in [9.17, 15) is 4.39 Å². The molecular weight excluding hydrogens is 425 g/mol. The number of rotatable bonds is 4. The van der Waals surface area contributed by atoms with E-state index in [-0.39, 0.29) is 5.82 Å². The van der Waals surface area contributed by atoms with Gasteiger partial charge in [0.05, 0.1) is 5.69 Å². The van der Waals surface area contributed by atoms with Crippen molar-refractivity contribution >= 4 is 31.5 Å². The van der Waals surface area contributed by atoms with Gasteiger partial charge in [-0.3, -0.25) is 4.98 Å². The lowest BCUT2D eigenvalue weighted by Crippen LogP contribution is -2.09. The van der Waals surface area contributed by atoms with Crippen molar-refractivity contribution in [2.75, 3.05) is 0 Å². The van der Waals surface area contributed by atoms with Gasteiger partial charge in [-0.05, 0) is 59.4 Å². The van der Waals surface area contributed by atoms with Crippen molar-refractivity contribution in [2.45, 2.75) is 38.5 Å². The molecule has 0 N–H and O–H groups in total. The summed E-state index contributed by atoms with van der Waals surface area (Å²) in [6.07, 6.45) is 10.0. The van der Waals surface area contributed by atoms with Gasteiger partial charge in [-0.25, -0.2) is 4.39 Å². The Kier molecular flexibility index (Phi) is 5.43. The van der Waals surface area contributed by atoms with Gasteiger partial charge in [0.1, 0.15) is 5.82 Å². The minimum absolute atomic E-state index is 0.204. The molecule has 0 unspecified atom stereocenters. The van der Waals surface area contributed by atoms with Crippen LogP contribution in [-0.4, -0.2) is 4.98 Å². The molecule has 6 rings (SSSR count). The largest absolute Gasteiger partial charge is 0.256 e. The predicted octanol–water partition coefficient (Wildman–Crippen LogP) is 9.05. The lowest BCUT2D eigenvalue weighted by atomic mass is 9.85. The number of hydrogen-bond acceptors (Lipinski definition) is 2. The average molecular weight is 452 g/mol. The molecule has 0 amide bonds. The zero-order chi connectivity index (χ0) is 22.2. The summed E-state index contributed by atoms with van der Waals surface area (Å²) < 4.78 is 15.9. The second-order valence-electron chi connectivity index (χ2n) is 9.26. The third kappa shape index (κ3) is 4.06. The number of halogens is 1. The van der Waals surface area contributed by atoms with Gasteiger partial charge in [-0.2, -0.15) is 0 Å². The van der Waals surface area contributed by atoms with E-state index in [4.69, 9.17) is 4.98 Å². The molecule has 0 atom stereocenters. The van der Waals surface area contributed by atoms with E-state index in [2.05, 4.69) is 48.5 Å². The third-order valence-corrected chi connectivity index (χ3v) is 8.23. The lowest BCUT2D eigenvalue weighted by Gasteiger charge is -2.21. The van der Waals surface area contributed by atoms with Crippen LogP contribution in [0.2, 0.25) is 0 Å². The van der Waals surface area contributed by atoms with E-state index < -0.39 is 0 Å². The van der Waals surface area contributed by atoms with Crippen molar-refractivity contribution in [3.63, 3.8) is 0 Å². The van der Waals surface area contributed by atoms with Gasteiger partial charge in [0.15, 0.2) is 0 Å². The fraction of sp³-hybridized carbons (Fsp3) is 0.233. The maximum atomic E-state index is 13.4. The molecule has 1 saturated carbocycles. The predicted molar refractivity (Wildman–Crippen MR) is 138 cm³/mol. The highest BCUT2D eigenvalue weighted by Crippen LogP contribution is 2.41. The van der Waals surface area contributed by atoms with E-state index in [1.54, 1.807) is 0 Å². The Morgan fingerprint density at radius 2 is 1.64 bits per heavy atom. The highest BCUT2D eigenvalue weighted by molar-refractivity contribution is 7.26. The molecule has 3 aromatic carbocycles. The number of benzene rings is 3. The Morgan fingerprint density at radius 3 is 2.48 bits per heavy atom. The topological polar surface area (TPSA) is 12.9 Å². The van der Waals surface area contributed by atoms with E-state index in [0.717, 1.165) is 22.7 Å². The van der Waals surface area contributed by atoms with Crippen LogP contribution in [0.5, 0.6) is 0 Å². The first kappa shape index (κ1) is 20.6. The summed E-state index contributed by atoms with van der Waals surface area (Å²) >= 11 is 1.82. The Morgan fingerprint density at radius 1 is 0.818 bits per heavy atom. The Bertz CT molecular complexity index is 1430.